The third-order valence-corrected chi connectivity index (χ3v) is 3.96. The molecule has 138 valence electrons. The molecule has 0 saturated carbocycles. The Balaban J connectivity index is 1.67. The zero-order chi connectivity index (χ0) is 18.4. The maximum Gasteiger partial charge on any atom is 0.319 e. The van der Waals surface area contributed by atoms with Crippen LogP contribution >= 0.6 is 0 Å². The lowest BCUT2D eigenvalue weighted by molar-refractivity contribution is 0.123. The van der Waals surface area contributed by atoms with Gasteiger partial charge >= 0.3 is 6.03 Å². The van der Waals surface area contributed by atoms with Crippen LogP contribution in [0.25, 0.3) is 0 Å². The molecule has 0 bridgehead atoms. The Morgan fingerprint density at radius 3 is 2.62 bits per heavy atom. The molecule has 1 saturated heterocycles. The quantitative estimate of drug-likeness (QED) is 0.768. The van der Waals surface area contributed by atoms with Gasteiger partial charge in [-0.3, -0.25) is 0 Å². The number of hydrogen-bond donors (Lipinski definition) is 3. The number of aromatic nitrogens is 1. The van der Waals surface area contributed by atoms with E-state index in [1.165, 1.54) is 0 Å². The van der Waals surface area contributed by atoms with Crippen LogP contribution in [0.4, 0.5) is 27.7 Å². The number of amides is 2. The summed E-state index contributed by atoms with van der Waals surface area (Å²) in [4.78, 5) is 18.4. The average molecular weight is 355 g/mol. The lowest BCUT2D eigenvalue weighted by Crippen LogP contribution is -2.36. The number of anilines is 4. The molecule has 1 aromatic carbocycles. The van der Waals surface area contributed by atoms with Gasteiger partial charge in [-0.15, -0.1) is 0 Å². The van der Waals surface area contributed by atoms with E-state index in [1.54, 1.807) is 6.20 Å². The molecule has 0 aliphatic carbocycles. The average Bonchev–Trinajstić information content (AvgIpc) is 2.64. The summed E-state index contributed by atoms with van der Waals surface area (Å²) in [7, 11) is 0. The van der Waals surface area contributed by atoms with Crippen molar-refractivity contribution in [3.05, 3.63) is 42.6 Å². The van der Waals surface area contributed by atoms with Crippen LogP contribution in [0.5, 0.6) is 0 Å². The molecule has 1 aliphatic rings. The summed E-state index contributed by atoms with van der Waals surface area (Å²) in [6.07, 6.45) is 1.64. The van der Waals surface area contributed by atoms with Crippen LogP contribution < -0.4 is 20.9 Å². The van der Waals surface area contributed by atoms with Gasteiger partial charge in [0.25, 0.3) is 0 Å². The number of ether oxygens (including phenoxy) is 1. The van der Waals surface area contributed by atoms with Crippen LogP contribution in [0.2, 0.25) is 0 Å². The van der Waals surface area contributed by atoms with Crippen molar-refractivity contribution in [1.29, 1.82) is 0 Å². The van der Waals surface area contributed by atoms with E-state index in [1.807, 2.05) is 44.2 Å². The summed E-state index contributed by atoms with van der Waals surface area (Å²) in [6, 6.07) is 11.7. The van der Waals surface area contributed by atoms with Gasteiger partial charge in [-0.05, 0) is 38.1 Å². The molecule has 0 spiro atoms. The van der Waals surface area contributed by atoms with Gasteiger partial charge in [0.2, 0.25) is 0 Å². The number of pyridine rings is 1. The van der Waals surface area contributed by atoms with Gasteiger partial charge in [0.1, 0.15) is 5.82 Å². The maximum atomic E-state index is 11.7. The van der Waals surface area contributed by atoms with E-state index in [0.29, 0.717) is 5.69 Å². The molecule has 2 aromatic rings. The van der Waals surface area contributed by atoms with Crippen molar-refractivity contribution < 1.29 is 9.53 Å². The zero-order valence-electron chi connectivity index (χ0n) is 15.2. The molecule has 0 atom stereocenters. The number of carbonyl (C=O) groups is 1. The van der Waals surface area contributed by atoms with Crippen LogP contribution in [0.3, 0.4) is 0 Å². The molecule has 3 rings (SSSR count). The Labute approximate surface area is 153 Å². The predicted molar refractivity (Wildman–Crippen MR) is 104 cm³/mol. The van der Waals surface area contributed by atoms with Gasteiger partial charge in [0.05, 0.1) is 36.5 Å². The number of nitrogens with one attached hydrogen (secondary N) is 3. The van der Waals surface area contributed by atoms with Crippen molar-refractivity contribution in [1.82, 2.24) is 10.3 Å². The van der Waals surface area contributed by atoms with Crippen LogP contribution in [-0.2, 0) is 4.74 Å². The minimum atomic E-state index is -0.236. The van der Waals surface area contributed by atoms with Gasteiger partial charge < -0.3 is 25.6 Å². The van der Waals surface area contributed by atoms with Gasteiger partial charge in [0, 0.05) is 19.1 Å². The van der Waals surface area contributed by atoms with E-state index in [4.69, 9.17) is 4.74 Å². The highest BCUT2D eigenvalue weighted by atomic mass is 16.5. The van der Waals surface area contributed by atoms with Crippen molar-refractivity contribution in [3.63, 3.8) is 0 Å². The van der Waals surface area contributed by atoms with Gasteiger partial charge in [-0.1, -0.05) is 12.1 Å². The number of carbonyl (C=O) groups excluding carboxylic acids is 1. The van der Waals surface area contributed by atoms with E-state index in [2.05, 4.69) is 31.9 Å². The predicted octanol–water partition coefficient (Wildman–Crippen LogP) is 3.19. The lowest BCUT2D eigenvalue weighted by atomic mass is 10.2. The van der Waals surface area contributed by atoms with Crippen LogP contribution in [0.1, 0.15) is 13.8 Å². The van der Waals surface area contributed by atoms with E-state index in [-0.39, 0.29) is 12.1 Å². The summed E-state index contributed by atoms with van der Waals surface area (Å²) in [5, 5.41) is 8.91. The monoisotopic (exact) mass is 355 g/mol. The molecular formula is C19H25N5O2. The number of morpholine rings is 1. The fourth-order valence-electron chi connectivity index (χ4n) is 2.77. The highest BCUT2D eigenvalue weighted by Gasteiger charge is 2.14. The Morgan fingerprint density at radius 1 is 1.15 bits per heavy atom. The first-order chi connectivity index (χ1) is 12.6. The molecule has 2 heterocycles. The summed E-state index contributed by atoms with van der Waals surface area (Å²) >= 11 is 0. The van der Waals surface area contributed by atoms with Crippen molar-refractivity contribution in [3.8, 4) is 0 Å². The van der Waals surface area contributed by atoms with E-state index >= 15 is 0 Å². The number of urea groups is 1. The van der Waals surface area contributed by atoms with Crippen molar-refractivity contribution in [2.45, 2.75) is 19.9 Å². The molecule has 1 fully saturated rings. The SMILES string of the molecule is CC(C)NC(=O)Nc1ccc(Nc2ccccc2N2CCOCC2)nc1. The topological polar surface area (TPSA) is 78.5 Å². The Bertz CT molecular complexity index is 727. The first-order valence-corrected chi connectivity index (χ1v) is 8.84. The number of nitrogens with zero attached hydrogens (tertiary/aromatic N) is 2. The molecule has 26 heavy (non-hydrogen) atoms. The Hall–Kier alpha value is -2.80. The number of rotatable bonds is 5. The molecule has 7 heteroatoms. The fourth-order valence-corrected chi connectivity index (χ4v) is 2.77. The Morgan fingerprint density at radius 2 is 1.92 bits per heavy atom. The first-order valence-electron chi connectivity index (χ1n) is 8.84. The largest absolute Gasteiger partial charge is 0.378 e. The zero-order valence-corrected chi connectivity index (χ0v) is 15.2. The third-order valence-electron chi connectivity index (χ3n) is 3.96. The smallest absolute Gasteiger partial charge is 0.319 e. The molecule has 3 N–H and O–H groups in total. The van der Waals surface area contributed by atoms with Crippen LogP contribution in [0.15, 0.2) is 42.6 Å². The standard InChI is InChI=1S/C19H25N5O2/c1-14(2)21-19(25)22-15-7-8-18(20-13-15)23-16-5-3-4-6-17(16)24-9-11-26-12-10-24/h3-8,13-14H,9-12H2,1-2H3,(H,20,23)(H2,21,22,25). The normalized spacial score (nSPS) is 14.2. The summed E-state index contributed by atoms with van der Waals surface area (Å²) in [6.45, 7) is 7.06. The first kappa shape index (κ1) is 18.0. The van der Waals surface area contributed by atoms with E-state index in [0.717, 1.165) is 43.5 Å². The van der Waals surface area contributed by atoms with Gasteiger partial charge in [-0.2, -0.15) is 0 Å². The van der Waals surface area contributed by atoms with Gasteiger partial charge in [0.15, 0.2) is 0 Å². The molecule has 0 radical (unpaired) electrons. The van der Waals surface area contributed by atoms with E-state index < -0.39 is 0 Å². The maximum absolute atomic E-state index is 11.7. The molecule has 0 unspecified atom stereocenters. The summed E-state index contributed by atoms with van der Waals surface area (Å²) in [5.41, 5.74) is 2.78. The van der Waals surface area contributed by atoms with E-state index in [9.17, 15) is 4.79 Å². The van der Waals surface area contributed by atoms with Crippen molar-refractivity contribution >= 4 is 28.9 Å². The highest BCUT2D eigenvalue weighted by molar-refractivity contribution is 5.89. The molecule has 2 amide bonds. The van der Waals surface area contributed by atoms with Crippen molar-refractivity contribution in [2.24, 2.45) is 0 Å². The lowest BCUT2D eigenvalue weighted by Gasteiger charge is -2.30. The number of benzene rings is 1. The molecule has 1 aromatic heterocycles. The third kappa shape index (κ3) is 4.86. The van der Waals surface area contributed by atoms with Crippen LogP contribution in [-0.4, -0.2) is 43.4 Å². The second-order valence-corrected chi connectivity index (χ2v) is 6.43. The number of para-hydroxylation sites is 2. The summed E-state index contributed by atoms with van der Waals surface area (Å²) in [5.74, 6) is 0.723. The summed E-state index contributed by atoms with van der Waals surface area (Å²) < 4.78 is 5.43. The molecule has 7 nitrogen and oxygen atoms in total. The number of hydrogen-bond acceptors (Lipinski definition) is 5. The minimum Gasteiger partial charge on any atom is -0.378 e. The van der Waals surface area contributed by atoms with Gasteiger partial charge in [-0.25, -0.2) is 9.78 Å². The highest BCUT2D eigenvalue weighted by Crippen LogP contribution is 2.28. The fraction of sp³-hybridized carbons (Fsp3) is 0.368. The van der Waals surface area contributed by atoms with Crippen molar-refractivity contribution in [2.75, 3.05) is 41.8 Å². The Kier molecular flexibility index (Phi) is 5.91. The van der Waals surface area contributed by atoms with Crippen LogP contribution in [0, 0.1) is 0 Å². The molecular weight excluding hydrogens is 330 g/mol. The minimum absolute atomic E-state index is 0.0839. The second-order valence-electron chi connectivity index (χ2n) is 6.43. The second kappa shape index (κ2) is 8.53. The molecule has 1 aliphatic heterocycles.